The van der Waals surface area contributed by atoms with Crippen LogP contribution in [0.1, 0.15) is 5.69 Å². The van der Waals surface area contributed by atoms with Crippen molar-refractivity contribution in [3.05, 3.63) is 53.2 Å². The van der Waals surface area contributed by atoms with Crippen LogP contribution < -0.4 is 5.32 Å². The fourth-order valence-electron chi connectivity index (χ4n) is 1.68. The highest BCUT2D eigenvalue weighted by Gasteiger charge is 2.20. The Balaban J connectivity index is 1.97. The molecule has 0 fully saturated rings. The van der Waals surface area contributed by atoms with Crippen molar-refractivity contribution < 1.29 is 4.79 Å². The molecule has 2 heterocycles. The van der Waals surface area contributed by atoms with E-state index in [1.807, 2.05) is 48.7 Å². The Morgan fingerprint density at radius 3 is 2.82 bits per heavy atom. The molecular formula is C13H10N2OS. The second kappa shape index (κ2) is 4.14. The third-order valence-electron chi connectivity index (χ3n) is 2.49. The molecule has 0 saturated heterocycles. The van der Waals surface area contributed by atoms with Crippen molar-refractivity contribution in [1.29, 1.82) is 0 Å². The first-order valence-electron chi connectivity index (χ1n) is 5.26. The molecule has 4 heteroatoms. The molecule has 3 nitrogen and oxygen atoms in total. The Morgan fingerprint density at radius 2 is 2.00 bits per heavy atom. The van der Waals surface area contributed by atoms with Gasteiger partial charge >= 0.3 is 0 Å². The third-order valence-corrected chi connectivity index (χ3v) is 3.59. The molecule has 0 radical (unpaired) electrons. The second-order valence-corrected chi connectivity index (χ2v) is 4.77. The first-order valence-corrected chi connectivity index (χ1v) is 6.08. The summed E-state index contributed by atoms with van der Waals surface area (Å²) in [6.07, 6.45) is 3.70. The van der Waals surface area contributed by atoms with Gasteiger partial charge in [0.15, 0.2) is 0 Å². The van der Waals surface area contributed by atoms with E-state index in [0.717, 1.165) is 16.3 Å². The number of H-pyrrole nitrogens is 1. The number of anilines is 1. The Kier molecular flexibility index (Phi) is 2.49. The van der Waals surface area contributed by atoms with Gasteiger partial charge in [-0.05, 0) is 30.3 Å². The highest BCUT2D eigenvalue weighted by atomic mass is 32.2. The summed E-state index contributed by atoms with van der Waals surface area (Å²) in [6, 6.07) is 11.6. The van der Waals surface area contributed by atoms with Crippen LogP contribution in [0.25, 0.3) is 6.08 Å². The van der Waals surface area contributed by atoms with Gasteiger partial charge in [-0.3, -0.25) is 4.79 Å². The van der Waals surface area contributed by atoms with E-state index in [2.05, 4.69) is 10.3 Å². The van der Waals surface area contributed by atoms with Crippen LogP contribution in [-0.4, -0.2) is 10.9 Å². The maximum absolute atomic E-state index is 11.9. The van der Waals surface area contributed by atoms with Crippen LogP contribution in [-0.2, 0) is 4.79 Å². The van der Waals surface area contributed by atoms with Gasteiger partial charge in [-0.25, -0.2) is 0 Å². The summed E-state index contributed by atoms with van der Waals surface area (Å²) in [5.41, 5.74) is 1.81. The van der Waals surface area contributed by atoms with E-state index in [4.69, 9.17) is 0 Å². The Labute approximate surface area is 103 Å². The summed E-state index contributed by atoms with van der Waals surface area (Å²) in [4.78, 5) is 16.7. The van der Waals surface area contributed by atoms with Gasteiger partial charge in [0.05, 0.1) is 10.6 Å². The number of hydrogen-bond donors (Lipinski definition) is 2. The largest absolute Gasteiger partial charge is 0.362 e. The molecule has 1 aliphatic heterocycles. The van der Waals surface area contributed by atoms with Crippen molar-refractivity contribution in [2.24, 2.45) is 0 Å². The molecule has 0 saturated carbocycles. The van der Waals surface area contributed by atoms with Crippen molar-refractivity contribution in [3.63, 3.8) is 0 Å². The SMILES string of the molecule is O=C1Nc2ccccc2S/C1=C/c1ccc[nH]1. The molecule has 1 aromatic carbocycles. The number of aromatic amines is 1. The molecule has 3 rings (SSSR count). The van der Waals surface area contributed by atoms with Crippen LogP contribution in [0.5, 0.6) is 0 Å². The van der Waals surface area contributed by atoms with E-state index in [1.54, 1.807) is 0 Å². The number of aromatic nitrogens is 1. The number of thioether (sulfide) groups is 1. The third kappa shape index (κ3) is 1.99. The molecule has 84 valence electrons. The summed E-state index contributed by atoms with van der Waals surface area (Å²) >= 11 is 1.49. The molecule has 1 aliphatic rings. The van der Waals surface area contributed by atoms with Crippen molar-refractivity contribution in [3.8, 4) is 0 Å². The zero-order valence-corrected chi connectivity index (χ0v) is 9.75. The van der Waals surface area contributed by atoms with E-state index < -0.39 is 0 Å². The number of benzene rings is 1. The van der Waals surface area contributed by atoms with Gasteiger partial charge in [0.1, 0.15) is 0 Å². The van der Waals surface area contributed by atoms with Crippen LogP contribution in [0.2, 0.25) is 0 Å². The minimum absolute atomic E-state index is 0.0525. The van der Waals surface area contributed by atoms with Crippen LogP contribution in [0.4, 0.5) is 5.69 Å². The standard InChI is InChI=1S/C13H10N2OS/c16-13-12(8-9-4-3-7-14-9)17-11-6-2-1-5-10(11)15-13/h1-8,14H,(H,15,16)/b12-8+. The molecule has 2 N–H and O–H groups in total. The summed E-state index contributed by atoms with van der Waals surface area (Å²) in [7, 11) is 0. The first-order chi connectivity index (χ1) is 8.33. The predicted octanol–water partition coefficient (Wildman–Crippen LogP) is 3.10. The van der Waals surface area contributed by atoms with Crippen molar-refractivity contribution in [1.82, 2.24) is 4.98 Å². The Hall–Kier alpha value is -1.94. The maximum Gasteiger partial charge on any atom is 0.262 e. The maximum atomic E-state index is 11.9. The quantitative estimate of drug-likeness (QED) is 0.755. The normalized spacial score (nSPS) is 16.7. The van der Waals surface area contributed by atoms with Gasteiger partial charge < -0.3 is 10.3 Å². The molecule has 2 aromatic rings. The lowest BCUT2D eigenvalue weighted by Crippen LogP contribution is -2.17. The van der Waals surface area contributed by atoms with Gasteiger partial charge in [0, 0.05) is 16.8 Å². The number of carbonyl (C=O) groups excluding carboxylic acids is 1. The molecule has 0 aliphatic carbocycles. The van der Waals surface area contributed by atoms with E-state index in [-0.39, 0.29) is 5.91 Å². The summed E-state index contributed by atoms with van der Waals surface area (Å²) in [5.74, 6) is -0.0525. The van der Waals surface area contributed by atoms with Gasteiger partial charge in [-0.2, -0.15) is 0 Å². The first kappa shape index (κ1) is 10.2. The highest BCUT2D eigenvalue weighted by Crippen LogP contribution is 2.38. The molecule has 0 atom stereocenters. The molecule has 0 bridgehead atoms. The zero-order chi connectivity index (χ0) is 11.7. The van der Waals surface area contributed by atoms with Gasteiger partial charge in [-0.15, -0.1) is 0 Å². The Morgan fingerprint density at radius 1 is 1.12 bits per heavy atom. The van der Waals surface area contributed by atoms with Crippen LogP contribution in [0, 0.1) is 0 Å². The minimum Gasteiger partial charge on any atom is -0.362 e. The average Bonchev–Trinajstić information content (AvgIpc) is 2.83. The van der Waals surface area contributed by atoms with Gasteiger partial charge in [0.25, 0.3) is 5.91 Å². The smallest absolute Gasteiger partial charge is 0.262 e. The van der Waals surface area contributed by atoms with Crippen LogP contribution in [0.15, 0.2) is 52.4 Å². The summed E-state index contributed by atoms with van der Waals surface area (Å²) < 4.78 is 0. The highest BCUT2D eigenvalue weighted by molar-refractivity contribution is 8.04. The fraction of sp³-hybridized carbons (Fsp3) is 0. The van der Waals surface area contributed by atoms with Crippen molar-refractivity contribution >= 4 is 29.4 Å². The number of carbonyl (C=O) groups is 1. The number of fused-ring (bicyclic) bond motifs is 1. The number of amides is 1. The Bertz CT molecular complexity index is 587. The van der Waals surface area contributed by atoms with E-state index in [0.29, 0.717) is 4.91 Å². The number of para-hydroxylation sites is 1. The minimum atomic E-state index is -0.0525. The van der Waals surface area contributed by atoms with E-state index >= 15 is 0 Å². The summed E-state index contributed by atoms with van der Waals surface area (Å²) in [6.45, 7) is 0. The predicted molar refractivity (Wildman–Crippen MR) is 69.7 cm³/mol. The molecule has 1 aromatic heterocycles. The molecule has 17 heavy (non-hydrogen) atoms. The topological polar surface area (TPSA) is 44.9 Å². The van der Waals surface area contributed by atoms with Gasteiger partial charge in [-0.1, -0.05) is 23.9 Å². The van der Waals surface area contributed by atoms with Crippen LogP contribution in [0.3, 0.4) is 0 Å². The molecule has 1 amide bonds. The molecular weight excluding hydrogens is 232 g/mol. The lowest BCUT2D eigenvalue weighted by molar-refractivity contribution is -0.112. The second-order valence-electron chi connectivity index (χ2n) is 3.69. The van der Waals surface area contributed by atoms with Crippen LogP contribution >= 0.6 is 11.8 Å². The summed E-state index contributed by atoms with van der Waals surface area (Å²) in [5, 5.41) is 2.88. The number of rotatable bonds is 1. The van der Waals surface area contributed by atoms with Crippen molar-refractivity contribution in [2.75, 3.05) is 5.32 Å². The molecule has 0 unspecified atom stereocenters. The van der Waals surface area contributed by atoms with E-state index in [9.17, 15) is 4.79 Å². The zero-order valence-electron chi connectivity index (χ0n) is 8.94. The molecule has 0 spiro atoms. The fourth-order valence-corrected chi connectivity index (χ4v) is 2.62. The average molecular weight is 242 g/mol. The van der Waals surface area contributed by atoms with E-state index in [1.165, 1.54) is 11.8 Å². The van der Waals surface area contributed by atoms with Crippen molar-refractivity contribution in [2.45, 2.75) is 4.90 Å². The van der Waals surface area contributed by atoms with Gasteiger partial charge in [0.2, 0.25) is 0 Å². The number of nitrogens with one attached hydrogen (secondary N) is 2. The monoisotopic (exact) mass is 242 g/mol. The number of hydrogen-bond acceptors (Lipinski definition) is 2. The lowest BCUT2D eigenvalue weighted by Gasteiger charge is -2.17. The lowest BCUT2D eigenvalue weighted by atomic mass is 10.3.